The van der Waals surface area contributed by atoms with E-state index in [0.29, 0.717) is 5.69 Å². The second-order valence-corrected chi connectivity index (χ2v) is 6.69. The molecule has 2 unspecified atom stereocenters. The van der Waals surface area contributed by atoms with E-state index in [-0.39, 0.29) is 41.3 Å². The Kier molecular flexibility index (Phi) is 3.91. The molecule has 2 aliphatic rings. The van der Waals surface area contributed by atoms with Crippen molar-refractivity contribution in [1.29, 1.82) is 0 Å². The van der Waals surface area contributed by atoms with Crippen LogP contribution in [0.5, 0.6) is 0 Å². The average molecular weight is 368 g/mol. The van der Waals surface area contributed by atoms with Crippen molar-refractivity contribution >= 4 is 23.5 Å². The van der Waals surface area contributed by atoms with Gasteiger partial charge in [0.15, 0.2) is 0 Å². The summed E-state index contributed by atoms with van der Waals surface area (Å²) in [4.78, 5) is 41.9. The Balaban J connectivity index is 1.75. The minimum absolute atomic E-state index is 0.143. The number of nitrogen functional groups attached to an aromatic ring is 1. The molecule has 0 spiro atoms. The largest absolute Gasteiger partial charge is 0.384 e. The maximum Gasteiger partial charge on any atom is 0.255 e. The highest BCUT2D eigenvalue weighted by atomic mass is 19.1. The Morgan fingerprint density at radius 3 is 2.63 bits per heavy atom. The standard InChI is InChI=1S/C19H17FN4O3/c1-9-16-11(19(27)24(9)13-7-8-15(25)23-18(13)26)6-5-10(17(16)20)12-3-2-4-14(21)22-12/h2-6,9,13H,7-8H2,1H3,(H2,21,22)(H,23,25,26). The molecule has 8 heteroatoms. The number of anilines is 1. The summed E-state index contributed by atoms with van der Waals surface area (Å²) in [6.45, 7) is 1.67. The number of nitrogens with one attached hydrogen (secondary N) is 1. The van der Waals surface area contributed by atoms with Crippen molar-refractivity contribution < 1.29 is 18.8 Å². The van der Waals surface area contributed by atoms with Crippen molar-refractivity contribution in [1.82, 2.24) is 15.2 Å². The molecule has 0 bridgehead atoms. The van der Waals surface area contributed by atoms with Gasteiger partial charge in [0.2, 0.25) is 11.8 Å². The molecule has 0 aliphatic carbocycles. The molecular weight excluding hydrogens is 351 g/mol. The van der Waals surface area contributed by atoms with Gasteiger partial charge < -0.3 is 10.6 Å². The fourth-order valence-electron chi connectivity index (χ4n) is 3.80. The zero-order chi connectivity index (χ0) is 19.3. The lowest BCUT2D eigenvalue weighted by molar-refractivity contribution is -0.137. The maximum atomic E-state index is 15.3. The molecule has 1 saturated heterocycles. The first-order chi connectivity index (χ1) is 12.9. The summed E-state index contributed by atoms with van der Waals surface area (Å²) >= 11 is 0. The molecule has 3 amide bonds. The molecule has 138 valence electrons. The van der Waals surface area contributed by atoms with Gasteiger partial charge in [-0.25, -0.2) is 9.37 Å². The number of nitrogens with two attached hydrogens (primary N) is 1. The van der Waals surface area contributed by atoms with Crippen LogP contribution in [0.15, 0.2) is 30.3 Å². The number of hydrogen-bond donors (Lipinski definition) is 2. The van der Waals surface area contributed by atoms with Crippen molar-refractivity contribution in [3.05, 3.63) is 47.3 Å². The van der Waals surface area contributed by atoms with Gasteiger partial charge in [-0.1, -0.05) is 6.07 Å². The van der Waals surface area contributed by atoms with Gasteiger partial charge in [-0.3, -0.25) is 19.7 Å². The third-order valence-corrected chi connectivity index (χ3v) is 5.07. The highest BCUT2D eigenvalue weighted by Gasteiger charge is 2.44. The summed E-state index contributed by atoms with van der Waals surface area (Å²) in [6.07, 6.45) is 0.365. The molecule has 2 aromatic rings. The summed E-state index contributed by atoms with van der Waals surface area (Å²) < 4.78 is 15.3. The lowest BCUT2D eigenvalue weighted by Gasteiger charge is -2.32. The molecular formula is C19H17FN4O3. The van der Waals surface area contributed by atoms with Gasteiger partial charge in [-0.15, -0.1) is 0 Å². The van der Waals surface area contributed by atoms with Crippen LogP contribution in [0.25, 0.3) is 11.3 Å². The molecule has 1 aromatic carbocycles. The van der Waals surface area contributed by atoms with E-state index >= 15 is 4.39 Å². The van der Waals surface area contributed by atoms with Crippen LogP contribution in [0.1, 0.15) is 41.7 Å². The second-order valence-electron chi connectivity index (χ2n) is 6.69. The number of nitrogens with zero attached hydrogens (tertiary/aromatic N) is 2. The topological polar surface area (TPSA) is 105 Å². The zero-order valence-corrected chi connectivity index (χ0v) is 14.5. The number of aromatic nitrogens is 1. The van der Waals surface area contributed by atoms with Gasteiger partial charge in [0, 0.05) is 23.1 Å². The van der Waals surface area contributed by atoms with E-state index in [1.54, 1.807) is 31.2 Å². The van der Waals surface area contributed by atoms with E-state index in [1.807, 2.05) is 0 Å². The van der Waals surface area contributed by atoms with Gasteiger partial charge >= 0.3 is 0 Å². The molecule has 7 nitrogen and oxygen atoms in total. The number of piperidine rings is 1. The number of halogens is 1. The number of fused-ring (bicyclic) bond motifs is 1. The van der Waals surface area contributed by atoms with E-state index in [9.17, 15) is 14.4 Å². The Hall–Kier alpha value is -3.29. The zero-order valence-electron chi connectivity index (χ0n) is 14.5. The monoisotopic (exact) mass is 368 g/mol. The predicted octanol–water partition coefficient (Wildman–Crippen LogP) is 1.79. The van der Waals surface area contributed by atoms with Crippen LogP contribution in [-0.4, -0.2) is 33.6 Å². The normalized spacial score (nSPS) is 22.0. The summed E-state index contributed by atoms with van der Waals surface area (Å²) in [5.74, 6) is -1.60. The number of imide groups is 1. The van der Waals surface area contributed by atoms with Gasteiger partial charge in [0.05, 0.1) is 11.7 Å². The van der Waals surface area contributed by atoms with E-state index in [2.05, 4.69) is 10.3 Å². The summed E-state index contributed by atoms with van der Waals surface area (Å²) in [6, 6.07) is 6.52. The number of pyridine rings is 1. The summed E-state index contributed by atoms with van der Waals surface area (Å²) in [7, 11) is 0. The van der Waals surface area contributed by atoms with E-state index in [4.69, 9.17) is 5.73 Å². The quantitative estimate of drug-likeness (QED) is 0.786. The molecule has 0 saturated carbocycles. The molecule has 2 aliphatic heterocycles. The van der Waals surface area contributed by atoms with Crippen LogP contribution >= 0.6 is 0 Å². The Labute approximate surface area is 154 Å². The van der Waals surface area contributed by atoms with Crippen molar-refractivity contribution in [3.8, 4) is 11.3 Å². The minimum Gasteiger partial charge on any atom is -0.384 e. The van der Waals surface area contributed by atoms with Crippen LogP contribution in [0.3, 0.4) is 0 Å². The van der Waals surface area contributed by atoms with Crippen LogP contribution in [0.2, 0.25) is 0 Å². The number of amides is 3. The third kappa shape index (κ3) is 2.64. The third-order valence-electron chi connectivity index (χ3n) is 5.07. The molecule has 4 rings (SSSR count). The minimum atomic E-state index is -0.800. The van der Waals surface area contributed by atoms with Crippen molar-refractivity contribution in [2.75, 3.05) is 5.73 Å². The molecule has 1 fully saturated rings. The van der Waals surface area contributed by atoms with Crippen LogP contribution < -0.4 is 11.1 Å². The van der Waals surface area contributed by atoms with Gasteiger partial charge in [-0.05, 0) is 37.6 Å². The first-order valence-corrected chi connectivity index (χ1v) is 8.60. The lowest BCUT2D eigenvalue weighted by atomic mass is 9.98. The highest BCUT2D eigenvalue weighted by molar-refractivity contribution is 6.06. The molecule has 2 atom stereocenters. The van der Waals surface area contributed by atoms with Crippen LogP contribution in [0.4, 0.5) is 10.2 Å². The number of carbonyl (C=O) groups is 3. The maximum absolute atomic E-state index is 15.3. The number of rotatable bonds is 2. The predicted molar refractivity (Wildman–Crippen MR) is 94.8 cm³/mol. The van der Waals surface area contributed by atoms with E-state index < -0.39 is 29.7 Å². The summed E-state index contributed by atoms with van der Waals surface area (Å²) in [5, 5.41) is 2.24. The summed E-state index contributed by atoms with van der Waals surface area (Å²) in [5.41, 5.74) is 6.75. The SMILES string of the molecule is CC1c2c(ccc(-c3cccc(N)n3)c2F)C(=O)N1C1CCC(=O)NC1=O. The molecule has 27 heavy (non-hydrogen) atoms. The number of benzene rings is 1. The fourth-order valence-corrected chi connectivity index (χ4v) is 3.80. The van der Waals surface area contributed by atoms with E-state index in [0.717, 1.165) is 0 Å². The molecule has 3 N–H and O–H groups in total. The van der Waals surface area contributed by atoms with Gasteiger partial charge in [0.1, 0.15) is 17.7 Å². The Bertz CT molecular complexity index is 991. The fraction of sp³-hybridized carbons (Fsp3) is 0.263. The second kappa shape index (κ2) is 6.15. The highest BCUT2D eigenvalue weighted by Crippen LogP contribution is 2.40. The molecule has 3 heterocycles. The first-order valence-electron chi connectivity index (χ1n) is 8.60. The van der Waals surface area contributed by atoms with Gasteiger partial charge in [-0.2, -0.15) is 0 Å². The van der Waals surface area contributed by atoms with Crippen molar-refractivity contribution in [2.24, 2.45) is 0 Å². The Morgan fingerprint density at radius 1 is 1.19 bits per heavy atom. The molecule has 0 radical (unpaired) electrons. The van der Waals surface area contributed by atoms with E-state index in [1.165, 1.54) is 11.0 Å². The number of hydrogen-bond acceptors (Lipinski definition) is 5. The van der Waals surface area contributed by atoms with Crippen LogP contribution in [0, 0.1) is 5.82 Å². The lowest BCUT2D eigenvalue weighted by Crippen LogP contribution is -2.53. The first kappa shape index (κ1) is 17.1. The average Bonchev–Trinajstić information content (AvgIpc) is 2.87. The smallest absolute Gasteiger partial charge is 0.255 e. The van der Waals surface area contributed by atoms with Crippen molar-refractivity contribution in [3.63, 3.8) is 0 Å². The van der Waals surface area contributed by atoms with Crippen molar-refractivity contribution in [2.45, 2.75) is 31.8 Å². The van der Waals surface area contributed by atoms with Gasteiger partial charge in [0.25, 0.3) is 5.91 Å². The number of carbonyl (C=O) groups excluding carboxylic acids is 3. The Morgan fingerprint density at radius 2 is 1.93 bits per heavy atom. The molecule has 1 aromatic heterocycles. The van der Waals surface area contributed by atoms with Crippen LogP contribution in [-0.2, 0) is 9.59 Å².